The summed E-state index contributed by atoms with van der Waals surface area (Å²) in [5.74, 6) is -3.07. The lowest BCUT2D eigenvalue weighted by atomic mass is 10.1. The van der Waals surface area contributed by atoms with Gasteiger partial charge in [-0.2, -0.15) is 14.0 Å². The number of halogens is 3. The summed E-state index contributed by atoms with van der Waals surface area (Å²) >= 11 is 0. The van der Waals surface area contributed by atoms with Crippen LogP contribution in [-0.2, 0) is 4.74 Å². The molecule has 0 aliphatic rings. The molecule has 0 saturated carbocycles. The fourth-order valence-corrected chi connectivity index (χ4v) is 1.25. The highest BCUT2D eigenvalue weighted by Crippen LogP contribution is 2.28. The van der Waals surface area contributed by atoms with Crippen LogP contribution in [0.1, 0.15) is 22.8 Å². The summed E-state index contributed by atoms with van der Waals surface area (Å²) in [6, 6.07) is 3.28. The molecule has 4 nitrogen and oxygen atoms in total. The van der Waals surface area contributed by atoms with E-state index in [1.54, 1.807) is 0 Å². The molecule has 0 radical (unpaired) electrons. The average Bonchev–Trinajstić information content (AvgIpc) is 2.29. The number of benzene rings is 1. The zero-order chi connectivity index (χ0) is 13.7. The summed E-state index contributed by atoms with van der Waals surface area (Å²) in [6.45, 7) is -1.88. The first kappa shape index (κ1) is 13.8. The van der Waals surface area contributed by atoms with E-state index in [0.717, 1.165) is 12.1 Å². The van der Waals surface area contributed by atoms with Crippen molar-refractivity contribution in [3.05, 3.63) is 29.1 Å². The van der Waals surface area contributed by atoms with Crippen LogP contribution in [0.15, 0.2) is 12.1 Å². The molecular weight excluding hydrogens is 251 g/mol. The smallest absolute Gasteiger partial charge is 0.387 e. The zero-order valence-corrected chi connectivity index (χ0v) is 9.25. The number of nitrogens with zero attached hydrogens (tertiary/aromatic N) is 1. The molecule has 0 unspecified atom stereocenters. The Morgan fingerprint density at radius 2 is 2.17 bits per heavy atom. The van der Waals surface area contributed by atoms with E-state index >= 15 is 0 Å². The van der Waals surface area contributed by atoms with Gasteiger partial charge in [0.2, 0.25) is 0 Å². The molecule has 0 fully saturated rings. The predicted molar refractivity (Wildman–Crippen MR) is 53.7 cm³/mol. The number of nitriles is 1. The summed E-state index contributed by atoms with van der Waals surface area (Å²) in [5, 5.41) is 8.71. The molecule has 0 aromatic heterocycles. The van der Waals surface area contributed by atoms with E-state index in [-0.39, 0.29) is 12.2 Å². The van der Waals surface area contributed by atoms with E-state index in [9.17, 15) is 18.0 Å². The second kappa shape index (κ2) is 5.91. The number of rotatable bonds is 4. The number of hydrogen-bond donors (Lipinski definition) is 0. The molecule has 0 spiro atoms. The molecule has 0 aliphatic carbocycles. The molecule has 0 aliphatic heterocycles. The van der Waals surface area contributed by atoms with Crippen molar-refractivity contribution in [3.63, 3.8) is 0 Å². The Balaban J connectivity index is 3.36. The molecule has 1 rings (SSSR count). The first-order chi connectivity index (χ1) is 8.51. The van der Waals surface area contributed by atoms with Crippen LogP contribution in [0.5, 0.6) is 5.75 Å². The second-order valence-electron chi connectivity index (χ2n) is 3.01. The van der Waals surface area contributed by atoms with Gasteiger partial charge >= 0.3 is 12.6 Å². The van der Waals surface area contributed by atoms with Crippen molar-refractivity contribution >= 4 is 5.97 Å². The van der Waals surface area contributed by atoms with Crippen molar-refractivity contribution in [2.75, 3.05) is 6.61 Å². The highest BCUT2D eigenvalue weighted by atomic mass is 19.3. The number of esters is 1. The van der Waals surface area contributed by atoms with Gasteiger partial charge in [-0.3, -0.25) is 0 Å². The Morgan fingerprint density at radius 3 is 2.67 bits per heavy atom. The predicted octanol–water partition coefficient (Wildman–Crippen LogP) is 2.48. The van der Waals surface area contributed by atoms with Gasteiger partial charge < -0.3 is 9.47 Å². The van der Waals surface area contributed by atoms with Gasteiger partial charge in [0, 0.05) is 0 Å². The average molecular weight is 259 g/mol. The molecule has 96 valence electrons. The van der Waals surface area contributed by atoms with E-state index in [0.29, 0.717) is 0 Å². The largest absolute Gasteiger partial charge is 0.462 e. The molecule has 0 heterocycles. The fourth-order valence-electron chi connectivity index (χ4n) is 1.25. The Labute approximate surface area is 101 Å². The normalized spacial score (nSPS) is 10.0. The van der Waals surface area contributed by atoms with Crippen molar-refractivity contribution in [3.8, 4) is 11.8 Å². The molecule has 0 saturated heterocycles. The molecule has 0 amide bonds. The Kier molecular flexibility index (Phi) is 4.54. The minimum absolute atomic E-state index is 0.0663. The quantitative estimate of drug-likeness (QED) is 0.779. The summed E-state index contributed by atoms with van der Waals surface area (Å²) in [6.07, 6.45) is 0. The van der Waals surface area contributed by atoms with Gasteiger partial charge in [-0.15, -0.1) is 0 Å². The van der Waals surface area contributed by atoms with E-state index < -0.39 is 29.7 Å². The molecule has 1 aromatic rings. The zero-order valence-electron chi connectivity index (χ0n) is 9.25. The Bertz CT molecular complexity index is 497. The van der Waals surface area contributed by atoms with Gasteiger partial charge in [0.15, 0.2) is 5.75 Å². The molecule has 0 bridgehead atoms. The molecule has 0 atom stereocenters. The minimum Gasteiger partial charge on any atom is -0.462 e. The van der Waals surface area contributed by atoms with Crippen LogP contribution in [0.2, 0.25) is 0 Å². The number of carbonyl (C=O) groups is 1. The molecule has 7 heteroatoms. The molecule has 0 N–H and O–H groups in total. The lowest BCUT2D eigenvalue weighted by Crippen LogP contribution is -2.13. The van der Waals surface area contributed by atoms with E-state index in [2.05, 4.69) is 9.47 Å². The van der Waals surface area contributed by atoms with Crippen molar-refractivity contribution in [2.24, 2.45) is 0 Å². The van der Waals surface area contributed by atoms with Gasteiger partial charge in [-0.05, 0) is 19.1 Å². The number of ether oxygens (including phenoxy) is 2. The van der Waals surface area contributed by atoms with Gasteiger partial charge in [0.25, 0.3) is 0 Å². The Hall–Kier alpha value is -2.23. The van der Waals surface area contributed by atoms with Crippen LogP contribution in [0.3, 0.4) is 0 Å². The van der Waals surface area contributed by atoms with Crippen molar-refractivity contribution in [2.45, 2.75) is 13.5 Å². The third kappa shape index (κ3) is 2.91. The summed E-state index contributed by atoms with van der Waals surface area (Å²) in [7, 11) is 0. The second-order valence-corrected chi connectivity index (χ2v) is 3.01. The van der Waals surface area contributed by atoms with Crippen LogP contribution < -0.4 is 4.74 Å². The van der Waals surface area contributed by atoms with Gasteiger partial charge in [0.1, 0.15) is 17.4 Å². The third-order valence-corrected chi connectivity index (χ3v) is 1.91. The van der Waals surface area contributed by atoms with Gasteiger partial charge in [0.05, 0.1) is 12.2 Å². The SMILES string of the molecule is CCOC(=O)c1c(F)ccc(C#N)c1OC(F)F. The Morgan fingerprint density at radius 1 is 1.50 bits per heavy atom. The maximum atomic E-state index is 13.5. The topological polar surface area (TPSA) is 59.3 Å². The summed E-state index contributed by atoms with van der Waals surface area (Å²) in [4.78, 5) is 11.4. The number of hydrogen-bond acceptors (Lipinski definition) is 4. The van der Waals surface area contributed by atoms with E-state index in [1.807, 2.05) is 0 Å². The first-order valence-corrected chi connectivity index (χ1v) is 4.85. The molecule has 18 heavy (non-hydrogen) atoms. The molecule has 1 aromatic carbocycles. The van der Waals surface area contributed by atoms with Gasteiger partial charge in [-0.25, -0.2) is 9.18 Å². The molecular formula is C11H8F3NO3. The maximum absolute atomic E-state index is 13.5. The first-order valence-electron chi connectivity index (χ1n) is 4.85. The van der Waals surface area contributed by atoms with Crippen molar-refractivity contribution in [1.82, 2.24) is 0 Å². The highest BCUT2D eigenvalue weighted by Gasteiger charge is 2.24. The van der Waals surface area contributed by atoms with Gasteiger partial charge in [-0.1, -0.05) is 0 Å². The highest BCUT2D eigenvalue weighted by molar-refractivity contribution is 5.93. The van der Waals surface area contributed by atoms with Crippen molar-refractivity contribution in [1.29, 1.82) is 5.26 Å². The van der Waals surface area contributed by atoms with Crippen LogP contribution in [0.4, 0.5) is 13.2 Å². The monoisotopic (exact) mass is 259 g/mol. The van der Waals surface area contributed by atoms with Crippen molar-refractivity contribution < 1.29 is 27.4 Å². The standard InChI is InChI=1S/C11H8F3NO3/c1-2-17-10(16)8-7(12)4-3-6(5-15)9(8)18-11(13)14/h3-4,11H,2H2,1H3. The summed E-state index contributed by atoms with van der Waals surface area (Å²) in [5.41, 5.74) is -1.18. The van der Waals surface area contributed by atoms with Crippen LogP contribution in [0.25, 0.3) is 0 Å². The number of carbonyl (C=O) groups excluding carboxylic acids is 1. The summed E-state index contributed by atoms with van der Waals surface area (Å²) < 4.78 is 46.4. The van der Waals surface area contributed by atoms with E-state index in [1.165, 1.54) is 13.0 Å². The minimum atomic E-state index is -3.29. The van der Waals surface area contributed by atoms with Crippen LogP contribution in [0, 0.1) is 17.1 Å². The lowest BCUT2D eigenvalue weighted by Gasteiger charge is -2.12. The third-order valence-electron chi connectivity index (χ3n) is 1.91. The fraction of sp³-hybridized carbons (Fsp3) is 0.273. The number of alkyl halides is 2. The van der Waals surface area contributed by atoms with E-state index in [4.69, 9.17) is 5.26 Å². The lowest BCUT2D eigenvalue weighted by molar-refractivity contribution is -0.0508. The van der Waals surface area contributed by atoms with Crippen LogP contribution >= 0.6 is 0 Å². The maximum Gasteiger partial charge on any atom is 0.387 e. The van der Waals surface area contributed by atoms with Crippen LogP contribution in [-0.4, -0.2) is 19.2 Å².